The van der Waals surface area contributed by atoms with Crippen LogP contribution < -0.4 is 5.32 Å². The van der Waals surface area contributed by atoms with Crippen LogP contribution in [0.15, 0.2) is 18.2 Å². The van der Waals surface area contributed by atoms with E-state index in [0.717, 1.165) is 24.7 Å². The second kappa shape index (κ2) is 4.90. The van der Waals surface area contributed by atoms with Crippen LogP contribution in [0.3, 0.4) is 0 Å². The molecular formula is C13H14ClFN4. The lowest BCUT2D eigenvalue weighted by molar-refractivity contribution is 0.430. The quantitative estimate of drug-likeness (QED) is 0.918. The van der Waals surface area contributed by atoms with Gasteiger partial charge in [-0.1, -0.05) is 17.7 Å². The number of nitrogens with one attached hydrogen (secondary N) is 1. The van der Waals surface area contributed by atoms with Crippen molar-refractivity contribution in [1.82, 2.24) is 20.1 Å². The van der Waals surface area contributed by atoms with Crippen LogP contribution >= 0.6 is 11.6 Å². The zero-order valence-electron chi connectivity index (χ0n) is 10.5. The van der Waals surface area contributed by atoms with Gasteiger partial charge in [0.15, 0.2) is 0 Å². The van der Waals surface area contributed by atoms with Crippen molar-refractivity contribution in [2.45, 2.75) is 25.9 Å². The molecule has 1 aromatic heterocycles. The number of aromatic nitrogens is 3. The van der Waals surface area contributed by atoms with Gasteiger partial charge in [0.2, 0.25) is 0 Å². The number of rotatable bonds is 2. The van der Waals surface area contributed by atoms with Crippen molar-refractivity contribution in [3.8, 4) is 0 Å². The van der Waals surface area contributed by atoms with E-state index in [2.05, 4.69) is 15.5 Å². The molecule has 2 heterocycles. The minimum Gasteiger partial charge on any atom is -0.312 e. The van der Waals surface area contributed by atoms with E-state index in [-0.39, 0.29) is 11.9 Å². The van der Waals surface area contributed by atoms with Gasteiger partial charge < -0.3 is 9.88 Å². The highest BCUT2D eigenvalue weighted by molar-refractivity contribution is 6.31. The van der Waals surface area contributed by atoms with Crippen LogP contribution in [0.25, 0.3) is 0 Å². The summed E-state index contributed by atoms with van der Waals surface area (Å²) in [6.45, 7) is 3.71. The fourth-order valence-corrected chi connectivity index (χ4v) is 2.62. The van der Waals surface area contributed by atoms with Crippen molar-refractivity contribution in [3.63, 3.8) is 0 Å². The first kappa shape index (κ1) is 12.6. The molecule has 2 aromatic rings. The van der Waals surface area contributed by atoms with E-state index in [1.54, 1.807) is 12.1 Å². The van der Waals surface area contributed by atoms with E-state index in [1.165, 1.54) is 6.07 Å². The molecule has 0 saturated heterocycles. The van der Waals surface area contributed by atoms with Crippen LogP contribution in [0.1, 0.15) is 30.2 Å². The van der Waals surface area contributed by atoms with Crippen molar-refractivity contribution in [2.75, 3.05) is 6.54 Å². The third kappa shape index (κ3) is 2.24. The topological polar surface area (TPSA) is 42.7 Å². The number of halogens is 2. The molecule has 100 valence electrons. The Balaban J connectivity index is 1.96. The second-order valence-corrected chi connectivity index (χ2v) is 5.09. The fourth-order valence-electron chi connectivity index (χ4n) is 2.39. The van der Waals surface area contributed by atoms with Crippen LogP contribution in [0.5, 0.6) is 0 Å². The van der Waals surface area contributed by atoms with E-state index in [4.69, 9.17) is 11.6 Å². The molecule has 0 radical (unpaired) electrons. The van der Waals surface area contributed by atoms with Crippen molar-refractivity contribution in [1.29, 1.82) is 0 Å². The van der Waals surface area contributed by atoms with Gasteiger partial charge >= 0.3 is 0 Å². The molecule has 0 amide bonds. The van der Waals surface area contributed by atoms with Crippen molar-refractivity contribution in [2.24, 2.45) is 0 Å². The van der Waals surface area contributed by atoms with Gasteiger partial charge in [-0.3, -0.25) is 0 Å². The smallest absolute Gasteiger partial charge is 0.149 e. The zero-order chi connectivity index (χ0) is 13.4. The lowest BCUT2D eigenvalue weighted by atomic mass is 10.1. The largest absolute Gasteiger partial charge is 0.312 e. The van der Waals surface area contributed by atoms with Gasteiger partial charge in [-0.25, -0.2) is 4.39 Å². The van der Waals surface area contributed by atoms with E-state index in [0.29, 0.717) is 17.0 Å². The highest BCUT2D eigenvalue weighted by atomic mass is 35.5. The van der Waals surface area contributed by atoms with E-state index in [1.807, 2.05) is 11.5 Å². The zero-order valence-corrected chi connectivity index (χ0v) is 11.3. The summed E-state index contributed by atoms with van der Waals surface area (Å²) in [6.07, 6.45) is 0.366. The molecule has 4 nitrogen and oxygen atoms in total. The van der Waals surface area contributed by atoms with E-state index >= 15 is 0 Å². The first-order valence-corrected chi connectivity index (χ1v) is 6.63. The Morgan fingerprint density at radius 1 is 1.47 bits per heavy atom. The van der Waals surface area contributed by atoms with Gasteiger partial charge in [0.05, 0.1) is 6.04 Å². The molecule has 19 heavy (non-hydrogen) atoms. The summed E-state index contributed by atoms with van der Waals surface area (Å²) < 4.78 is 15.8. The summed E-state index contributed by atoms with van der Waals surface area (Å²) in [5, 5.41) is 12.1. The Labute approximate surface area is 115 Å². The third-order valence-corrected chi connectivity index (χ3v) is 3.78. The summed E-state index contributed by atoms with van der Waals surface area (Å²) >= 11 is 6.05. The van der Waals surface area contributed by atoms with E-state index in [9.17, 15) is 4.39 Å². The average molecular weight is 281 g/mol. The molecule has 0 fully saturated rings. The molecule has 1 atom stereocenters. The summed E-state index contributed by atoms with van der Waals surface area (Å²) in [6, 6.07) is 4.88. The van der Waals surface area contributed by atoms with Crippen molar-refractivity contribution in [3.05, 3.63) is 46.3 Å². The van der Waals surface area contributed by atoms with Gasteiger partial charge in [-0.05, 0) is 19.1 Å². The maximum Gasteiger partial charge on any atom is 0.149 e. The maximum atomic E-state index is 13.8. The first-order valence-electron chi connectivity index (χ1n) is 6.25. The van der Waals surface area contributed by atoms with Gasteiger partial charge in [0.1, 0.15) is 17.5 Å². The molecular weight excluding hydrogens is 267 g/mol. The minimum atomic E-state index is -0.299. The molecule has 1 aliphatic rings. The molecule has 0 spiro atoms. The molecule has 1 aromatic carbocycles. The number of hydrogen-bond donors (Lipinski definition) is 1. The second-order valence-electron chi connectivity index (χ2n) is 4.68. The Kier molecular flexibility index (Phi) is 3.24. The lowest BCUT2D eigenvalue weighted by Crippen LogP contribution is -2.32. The number of benzene rings is 1. The highest BCUT2D eigenvalue weighted by Gasteiger charge is 2.22. The molecule has 0 saturated carbocycles. The van der Waals surface area contributed by atoms with Gasteiger partial charge in [0, 0.05) is 30.1 Å². The number of nitrogens with zero attached hydrogens (tertiary/aromatic N) is 3. The van der Waals surface area contributed by atoms with Crippen LogP contribution in [0.4, 0.5) is 4.39 Å². The normalized spacial score (nSPS) is 18.4. The third-order valence-electron chi connectivity index (χ3n) is 3.43. The summed E-state index contributed by atoms with van der Waals surface area (Å²) in [5.74, 6) is 1.36. The van der Waals surface area contributed by atoms with Gasteiger partial charge in [-0.15, -0.1) is 10.2 Å². The van der Waals surface area contributed by atoms with Crippen molar-refractivity contribution < 1.29 is 4.39 Å². The highest BCUT2D eigenvalue weighted by Crippen LogP contribution is 2.23. The van der Waals surface area contributed by atoms with Crippen LogP contribution in [-0.2, 0) is 13.0 Å². The Morgan fingerprint density at radius 3 is 3.11 bits per heavy atom. The summed E-state index contributed by atoms with van der Waals surface area (Å²) in [7, 11) is 0. The predicted molar refractivity (Wildman–Crippen MR) is 70.7 cm³/mol. The molecule has 6 heteroatoms. The fraction of sp³-hybridized carbons (Fsp3) is 0.385. The standard InChI is InChI=1S/C13H14ClFN4/c1-8-13-18-17-12(19(13)6-5-16-8)7-9-10(14)3-2-4-11(9)15/h2-4,8,16H,5-7H2,1H3. The Hall–Kier alpha value is -1.46. The molecule has 1 N–H and O–H groups in total. The Morgan fingerprint density at radius 2 is 2.32 bits per heavy atom. The van der Waals surface area contributed by atoms with Gasteiger partial charge in [0.25, 0.3) is 0 Å². The Bertz CT molecular complexity index is 590. The summed E-state index contributed by atoms with van der Waals surface area (Å²) in [4.78, 5) is 0. The van der Waals surface area contributed by atoms with Crippen LogP contribution in [0.2, 0.25) is 5.02 Å². The number of hydrogen-bond acceptors (Lipinski definition) is 3. The molecule has 1 aliphatic heterocycles. The number of fused-ring (bicyclic) bond motifs is 1. The monoisotopic (exact) mass is 280 g/mol. The molecule has 3 rings (SSSR count). The molecule has 0 aliphatic carbocycles. The molecule has 1 unspecified atom stereocenters. The predicted octanol–water partition coefficient (Wildman–Crippen LogP) is 2.33. The van der Waals surface area contributed by atoms with Gasteiger partial charge in [-0.2, -0.15) is 0 Å². The van der Waals surface area contributed by atoms with E-state index < -0.39 is 0 Å². The average Bonchev–Trinajstić information content (AvgIpc) is 2.79. The maximum absolute atomic E-state index is 13.8. The first-order chi connectivity index (χ1) is 9.16. The molecule has 0 bridgehead atoms. The summed E-state index contributed by atoms with van der Waals surface area (Å²) in [5.41, 5.74) is 0.477. The van der Waals surface area contributed by atoms with Crippen molar-refractivity contribution >= 4 is 11.6 Å². The SMILES string of the molecule is CC1NCCn2c(Cc3c(F)cccc3Cl)nnc21. The lowest BCUT2D eigenvalue weighted by Gasteiger charge is -2.22. The van der Waals surface area contributed by atoms with Crippen LogP contribution in [0, 0.1) is 5.82 Å². The van der Waals surface area contributed by atoms with Crippen LogP contribution in [-0.4, -0.2) is 21.3 Å². The minimum absolute atomic E-state index is 0.172.